The van der Waals surface area contributed by atoms with Crippen LogP contribution in [0.4, 0.5) is 0 Å². The Bertz CT molecular complexity index is 131. The van der Waals surface area contributed by atoms with Crippen molar-refractivity contribution in [1.82, 2.24) is 0 Å². The second kappa shape index (κ2) is 15.0. The maximum atomic E-state index is 3.56. The van der Waals surface area contributed by atoms with E-state index in [1.807, 2.05) is 0 Å². The summed E-state index contributed by atoms with van der Waals surface area (Å²) in [6.07, 6.45) is 15.6. The molecule has 0 N–H and O–H groups in total. The fourth-order valence-electron chi connectivity index (χ4n) is 2.31. The third-order valence-electron chi connectivity index (χ3n) is 3.50. The highest BCUT2D eigenvalue weighted by atomic mass is 79.9. The minimum atomic E-state index is 0.939. The van der Waals surface area contributed by atoms with Gasteiger partial charge in [0.25, 0.3) is 0 Å². The van der Waals surface area contributed by atoms with Gasteiger partial charge in [-0.3, -0.25) is 0 Å². The smallest absolute Gasteiger partial charge is 0.00339 e. The molecule has 0 fully saturated rings. The molecule has 17 heavy (non-hydrogen) atoms. The summed E-state index contributed by atoms with van der Waals surface area (Å²) in [5, 5.41) is 2.34. The van der Waals surface area contributed by atoms with Gasteiger partial charge < -0.3 is 0 Å². The standard InChI is InChI=1S/C15H30Br2/c1-2-3-4-5-6-7-8-9-10-15(11-13-16)12-14-17/h15H,2-14H2,1H3. The molecule has 0 aliphatic carbocycles. The van der Waals surface area contributed by atoms with Crippen molar-refractivity contribution in [3.63, 3.8) is 0 Å². The lowest BCUT2D eigenvalue weighted by molar-refractivity contribution is 0.433. The van der Waals surface area contributed by atoms with Gasteiger partial charge in [0.15, 0.2) is 0 Å². The Labute approximate surface area is 126 Å². The molecule has 0 radical (unpaired) electrons. The first-order chi connectivity index (χ1) is 8.35. The molecule has 0 bridgehead atoms. The summed E-state index contributed by atoms with van der Waals surface area (Å²) in [5.41, 5.74) is 0. The average Bonchev–Trinajstić information content (AvgIpc) is 2.33. The minimum absolute atomic E-state index is 0.939. The summed E-state index contributed by atoms with van der Waals surface area (Å²) in [5.74, 6) is 0.939. The summed E-state index contributed by atoms with van der Waals surface area (Å²) in [4.78, 5) is 0. The predicted molar refractivity (Wildman–Crippen MR) is 87.5 cm³/mol. The van der Waals surface area contributed by atoms with E-state index < -0.39 is 0 Å². The maximum absolute atomic E-state index is 3.56. The van der Waals surface area contributed by atoms with Crippen LogP contribution >= 0.6 is 31.9 Å². The van der Waals surface area contributed by atoms with Gasteiger partial charge in [-0.2, -0.15) is 0 Å². The molecule has 0 aliphatic heterocycles. The van der Waals surface area contributed by atoms with Crippen LogP contribution in [0, 0.1) is 5.92 Å². The Balaban J connectivity index is 3.23. The Morgan fingerprint density at radius 2 is 1.12 bits per heavy atom. The normalized spacial score (nSPS) is 11.3. The van der Waals surface area contributed by atoms with Gasteiger partial charge in [-0.05, 0) is 18.8 Å². The highest BCUT2D eigenvalue weighted by molar-refractivity contribution is 9.09. The predicted octanol–water partition coefficient (Wildman–Crippen LogP) is 6.70. The van der Waals surface area contributed by atoms with Crippen molar-refractivity contribution in [1.29, 1.82) is 0 Å². The first-order valence-electron chi connectivity index (χ1n) is 7.47. The van der Waals surface area contributed by atoms with Crippen molar-refractivity contribution in [3.05, 3.63) is 0 Å². The van der Waals surface area contributed by atoms with E-state index in [1.54, 1.807) is 0 Å². The van der Waals surface area contributed by atoms with Crippen LogP contribution < -0.4 is 0 Å². The molecular weight excluding hydrogens is 340 g/mol. The summed E-state index contributed by atoms with van der Waals surface area (Å²) >= 11 is 7.13. The SMILES string of the molecule is CCCCCCCCCCC(CCBr)CCBr. The third-order valence-corrected chi connectivity index (χ3v) is 4.42. The lowest BCUT2D eigenvalue weighted by atomic mass is 9.95. The molecular formula is C15H30Br2. The van der Waals surface area contributed by atoms with Crippen LogP contribution in [-0.2, 0) is 0 Å². The van der Waals surface area contributed by atoms with E-state index in [1.165, 1.54) is 81.3 Å². The molecule has 104 valence electrons. The van der Waals surface area contributed by atoms with Crippen LogP contribution in [0.25, 0.3) is 0 Å². The second-order valence-electron chi connectivity index (χ2n) is 5.08. The zero-order valence-electron chi connectivity index (χ0n) is 11.5. The molecule has 0 saturated heterocycles. The van der Waals surface area contributed by atoms with Gasteiger partial charge in [-0.1, -0.05) is 96.6 Å². The van der Waals surface area contributed by atoms with Crippen molar-refractivity contribution in [3.8, 4) is 0 Å². The summed E-state index contributed by atoms with van der Waals surface area (Å²) in [6, 6.07) is 0. The van der Waals surface area contributed by atoms with E-state index in [0.29, 0.717) is 0 Å². The molecule has 0 aromatic heterocycles. The summed E-state index contributed by atoms with van der Waals surface area (Å²) in [7, 11) is 0. The molecule has 2 heteroatoms. The third kappa shape index (κ3) is 13.2. The van der Waals surface area contributed by atoms with Gasteiger partial charge in [0.1, 0.15) is 0 Å². The molecule has 0 nitrogen and oxygen atoms in total. The minimum Gasteiger partial charge on any atom is -0.0928 e. The highest BCUT2D eigenvalue weighted by Crippen LogP contribution is 2.20. The van der Waals surface area contributed by atoms with Gasteiger partial charge in [-0.25, -0.2) is 0 Å². The second-order valence-corrected chi connectivity index (χ2v) is 6.67. The van der Waals surface area contributed by atoms with Crippen LogP contribution in [0.2, 0.25) is 0 Å². The number of hydrogen-bond acceptors (Lipinski definition) is 0. The Morgan fingerprint density at radius 1 is 0.647 bits per heavy atom. The van der Waals surface area contributed by atoms with Crippen LogP contribution in [-0.4, -0.2) is 10.7 Å². The van der Waals surface area contributed by atoms with Crippen molar-refractivity contribution >= 4 is 31.9 Å². The first-order valence-corrected chi connectivity index (χ1v) is 9.71. The van der Waals surface area contributed by atoms with Crippen LogP contribution in [0.3, 0.4) is 0 Å². The molecule has 0 aromatic carbocycles. The Hall–Kier alpha value is 0.960. The van der Waals surface area contributed by atoms with Gasteiger partial charge >= 0.3 is 0 Å². The van der Waals surface area contributed by atoms with E-state index in [4.69, 9.17) is 0 Å². The molecule has 0 aromatic rings. The van der Waals surface area contributed by atoms with Gasteiger partial charge in [0.05, 0.1) is 0 Å². The summed E-state index contributed by atoms with van der Waals surface area (Å²) in [6.45, 7) is 2.29. The molecule has 0 spiro atoms. The lowest BCUT2D eigenvalue weighted by Crippen LogP contribution is -2.02. The average molecular weight is 370 g/mol. The number of alkyl halides is 2. The molecule has 0 atom stereocenters. The van der Waals surface area contributed by atoms with Crippen molar-refractivity contribution < 1.29 is 0 Å². The fraction of sp³-hybridized carbons (Fsp3) is 1.00. The molecule has 0 aliphatic rings. The topological polar surface area (TPSA) is 0 Å². The van der Waals surface area contributed by atoms with Crippen molar-refractivity contribution in [2.45, 2.75) is 77.6 Å². The monoisotopic (exact) mass is 368 g/mol. The lowest BCUT2D eigenvalue weighted by Gasteiger charge is -2.13. The van der Waals surface area contributed by atoms with Gasteiger partial charge in [-0.15, -0.1) is 0 Å². The maximum Gasteiger partial charge on any atom is 0.00339 e. The molecule has 0 amide bonds. The fourth-order valence-corrected chi connectivity index (χ4v) is 3.60. The van der Waals surface area contributed by atoms with Crippen LogP contribution in [0.15, 0.2) is 0 Å². The van der Waals surface area contributed by atoms with Gasteiger partial charge in [0, 0.05) is 10.7 Å². The number of unbranched alkanes of at least 4 members (excludes halogenated alkanes) is 7. The number of hydrogen-bond donors (Lipinski definition) is 0. The Kier molecular flexibility index (Phi) is 15.9. The summed E-state index contributed by atoms with van der Waals surface area (Å²) < 4.78 is 0. The van der Waals surface area contributed by atoms with Crippen LogP contribution in [0.5, 0.6) is 0 Å². The van der Waals surface area contributed by atoms with Crippen molar-refractivity contribution in [2.24, 2.45) is 5.92 Å². The highest BCUT2D eigenvalue weighted by Gasteiger charge is 2.06. The molecule has 0 saturated carbocycles. The largest absolute Gasteiger partial charge is 0.0928 e. The zero-order chi connectivity index (χ0) is 12.8. The van der Waals surface area contributed by atoms with Gasteiger partial charge in [0.2, 0.25) is 0 Å². The van der Waals surface area contributed by atoms with E-state index >= 15 is 0 Å². The number of rotatable bonds is 13. The quantitative estimate of drug-likeness (QED) is 0.250. The van der Waals surface area contributed by atoms with E-state index in [-0.39, 0.29) is 0 Å². The molecule has 0 unspecified atom stereocenters. The van der Waals surface area contributed by atoms with E-state index in [0.717, 1.165) is 5.92 Å². The van der Waals surface area contributed by atoms with Crippen molar-refractivity contribution in [2.75, 3.05) is 10.7 Å². The number of halogens is 2. The first kappa shape index (κ1) is 18.0. The molecule has 0 rings (SSSR count). The Morgan fingerprint density at radius 3 is 1.59 bits per heavy atom. The van der Waals surface area contributed by atoms with E-state index in [2.05, 4.69) is 38.8 Å². The molecule has 0 heterocycles. The zero-order valence-corrected chi connectivity index (χ0v) is 14.7. The van der Waals surface area contributed by atoms with E-state index in [9.17, 15) is 0 Å². The van der Waals surface area contributed by atoms with Crippen LogP contribution in [0.1, 0.15) is 77.6 Å².